The molecule has 0 aliphatic carbocycles. The number of ether oxygens (including phenoxy) is 2. The first-order valence-electron chi connectivity index (χ1n) is 12.7. The number of carbonyl (C=O) groups excluding carboxylic acids is 1. The molecule has 1 aliphatic rings. The molecule has 1 aromatic heterocycles. The zero-order valence-corrected chi connectivity index (χ0v) is 22.6. The highest BCUT2D eigenvalue weighted by Gasteiger charge is 2.35. The first-order chi connectivity index (χ1) is 19.0. The number of thiazole rings is 1. The highest BCUT2D eigenvalue weighted by atomic mass is 32.1. The van der Waals surface area contributed by atoms with E-state index in [1.165, 1.54) is 11.3 Å². The fourth-order valence-electron chi connectivity index (χ4n) is 5.31. The molecule has 7 heteroatoms. The molecule has 0 spiro atoms. The molecule has 0 fully saturated rings. The lowest BCUT2D eigenvalue weighted by Gasteiger charge is -2.25. The Labute approximate surface area is 228 Å². The fourth-order valence-corrected chi connectivity index (χ4v) is 6.34. The molecule has 0 N–H and O–H groups in total. The van der Waals surface area contributed by atoms with E-state index in [1.54, 1.807) is 25.5 Å². The van der Waals surface area contributed by atoms with Crippen molar-refractivity contribution in [1.29, 1.82) is 0 Å². The number of carbonyl (C=O) groups is 1. The topological polar surface area (TPSA) is 69.9 Å². The summed E-state index contributed by atoms with van der Waals surface area (Å²) >= 11 is 1.32. The van der Waals surface area contributed by atoms with Crippen molar-refractivity contribution in [2.24, 2.45) is 4.99 Å². The predicted molar refractivity (Wildman–Crippen MR) is 155 cm³/mol. The van der Waals surface area contributed by atoms with Gasteiger partial charge in [-0.05, 0) is 59.2 Å². The van der Waals surface area contributed by atoms with Crippen LogP contribution in [0.5, 0.6) is 5.75 Å². The molecule has 39 heavy (non-hydrogen) atoms. The summed E-state index contributed by atoms with van der Waals surface area (Å²) < 4.78 is 13.2. The van der Waals surface area contributed by atoms with E-state index in [4.69, 9.17) is 14.5 Å². The summed E-state index contributed by atoms with van der Waals surface area (Å²) in [6.07, 6.45) is 1.96. The predicted octanol–water partition coefficient (Wildman–Crippen LogP) is 5.11. The van der Waals surface area contributed by atoms with E-state index in [1.807, 2.05) is 54.6 Å². The largest absolute Gasteiger partial charge is 0.496 e. The molecule has 6 rings (SSSR count). The third-order valence-corrected chi connectivity index (χ3v) is 8.02. The molecule has 4 aromatic carbocycles. The van der Waals surface area contributed by atoms with E-state index < -0.39 is 12.0 Å². The molecule has 1 atom stereocenters. The van der Waals surface area contributed by atoms with Gasteiger partial charge in [0.2, 0.25) is 0 Å². The van der Waals surface area contributed by atoms with Crippen LogP contribution < -0.4 is 19.6 Å². The summed E-state index contributed by atoms with van der Waals surface area (Å²) in [5, 5.41) is 4.32. The number of aromatic nitrogens is 1. The maximum Gasteiger partial charge on any atom is 0.338 e. The Morgan fingerprint density at radius 1 is 1.00 bits per heavy atom. The van der Waals surface area contributed by atoms with E-state index in [9.17, 15) is 9.59 Å². The van der Waals surface area contributed by atoms with Crippen molar-refractivity contribution in [3.05, 3.63) is 121 Å². The van der Waals surface area contributed by atoms with Gasteiger partial charge in [0.1, 0.15) is 11.8 Å². The standard InChI is InChI=1S/C32H26N2O4S/c1-4-38-31(36)28-19(2)33-32-34(29(28)24-15-9-10-16-26(24)37-3)30(35)27(39-32)18-25-22-13-7-5-11-20(22)17-21-12-6-8-14-23(21)25/h5-18,29H,4H2,1-3H3/b27-18+/t29-/m0/s1. The lowest BCUT2D eigenvalue weighted by Crippen LogP contribution is -2.40. The number of nitrogens with zero attached hydrogens (tertiary/aromatic N) is 2. The van der Waals surface area contributed by atoms with Crippen LogP contribution >= 0.6 is 11.3 Å². The van der Waals surface area contributed by atoms with Crippen molar-refractivity contribution >= 4 is 44.9 Å². The van der Waals surface area contributed by atoms with Gasteiger partial charge in [0.15, 0.2) is 4.80 Å². The summed E-state index contributed by atoms with van der Waals surface area (Å²) in [5.41, 5.74) is 2.30. The number of hydrogen-bond donors (Lipinski definition) is 0. The van der Waals surface area contributed by atoms with E-state index in [0.717, 1.165) is 27.1 Å². The van der Waals surface area contributed by atoms with Gasteiger partial charge in [-0.2, -0.15) is 0 Å². The summed E-state index contributed by atoms with van der Waals surface area (Å²) in [7, 11) is 1.58. The van der Waals surface area contributed by atoms with Gasteiger partial charge in [0.25, 0.3) is 5.56 Å². The number of benzene rings is 4. The minimum absolute atomic E-state index is 0.215. The average molecular weight is 535 g/mol. The second-order valence-electron chi connectivity index (χ2n) is 9.28. The smallest absolute Gasteiger partial charge is 0.338 e. The first-order valence-corrected chi connectivity index (χ1v) is 13.6. The van der Waals surface area contributed by atoms with Gasteiger partial charge in [-0.3, -0.25) is 9.36 Å². The van der Waals surface area contributed by atoms with E-state index in [-0.39, 0.29) is 12.2 Å². The van der Waals surface area contributed by atoms with Crippen molar-refractivity contribution < 1.29 is 14.3 Å². The highest BCUT2D eigenvalue weighted by molar-refractivity contribution is 7.07. The summed E-state index contributed by atoms with van der Waals surface area (Å²) in [6.45, 7) is 3.76. The van der Waals surface area contributed by atoms with Crippen LogP contribution in [0.2, 0.25) is 0 Å². The Balaban J connectivity index is 1.66. The molecule has 0 unspecified atom stereocenters. The van der Waals surface area contributed by atoms with Crippen LogP contribution in [0.4, 0.5) is 0 Å². The maximum atomic E-state index is 14.2. The van der Waals surface area contributed by atoms with Gasteiger partial charge in [-0.25, -0.2) is 9.79 Å². The second-order valence-corrected chi connectivity index (χ2v) is 10.3. The van der Waals surface area contributed by atoms with Crippen molar-refractivity contribution in [2.45, 2.75) is 19.9 Å². The molecular weight excluding hydrogens is 508 g/mol. The Morgan fingerprint density at radius 3 is 2.31 bits per heavy atom. The molecule has 0 radical (unpaired) electrons. The van der Waals surface area contributed by atoms with E-state index in [0.29, 0.717) is 31.9 Å². The molecule has 194 valence electrons. The number of fused-ring (bicyclic) bond motifs is 3. The molecule has 0 amide bonds. The number of esters is 1. The highest BCUT2D eigenvalue weighted by Crippen LogP contribution is 2.36. The minimum Gasteiger partial charge on any atom is -0.496 e. The lowest BCUT2D eigenvalue weighted by molar-refractivity contribution is -0.139. The average Bonchev–Trinajstić information content (AvgIpc) is 3.26. The van der Waals surface area contributed by atoms with Crippen LogP contribution in [-0.2, 0) is 9.53 Å². The van der Waals surface area contributed by atoms with Crippen LogP contribution in [0.3, 0.4) is 0 Å². The number of rotatable bonds is 5. The molecule has 0 bridgehead atoms. The monoisotopic (exact) mass is 534 g/mol. The van der Waals surface area contributed by atoms with Gasteiger partial charge in [0, 0.05) is 5.56 Å². The van der Waals surface area contributed by atoms with Gasteiger partial charge in [-0.1, -0.05) is 78.1 Å². The van der Waals surface area contributed by atoms with Crippen LogP contribution in [0, 0.1) is 0 Å². The van der Waals surface area contributed by atoms with Crippen LogP contribution in [0.25, 0.3) is 27.6 Å². The molecule has 6 nitrogen and oxygen atoms in total. The Hall–Kier alpha value is -4.49. The first kappa shape index (κ1) is 24.8. The zero-order chi connectivity index (χ0) is 27.1. The quantitative estimate of drug-likeness (QED) is 0.232. The molecule has 0 saturated heterocycles. The van der Waals surface area contributed by atoms with E-state index >= 15 is 0 Å². The van der Waals surface area contributed by atoms with Gasteiger partial charge < -0.3 is 9.47 Å². The van der Waals surface area contributed by atoms with Gasteiger partial charge >= 0.3 is 5.97 Å². The normalized spacial score (nSPS) is 15.4. The molecule has 0 saturated carbocycles. The second kappa shape index (κ2) is 10.0. The lowest BCUT2D eigenvalue weighted by atomic mass is 9.95. The maximum absolute atomic E-state index is 14.2. The Bertz CT molecular complexity index is 1930. The van der Waals surface area contributed by atoms with Crippen molar-refractivity contribution in [3.8, 4) is 5.75 Å². The molecular formula is C32H26N2O4S. The number of allylic oxidation sites excluding steroid dienone is 1. The summed E-state index contributed by atoms with van der Waals surface area (Å²) in [4.78, 5) is 32.6. The fraction of sp³-hybridized carbons (Fsp3) is 0.156. The number of hydrogen-bond acceptors (Lipinski definition) is 6. The van der Waals surface area contributed by atoms with Crippen LogP contribution in [0.1, 0.15) is 31.0 Å². The van der Waals surface area contributed by atoms with Gasteiger partial charge in [0.05, 0.1) is 29.5 Å². The molecule has 2 heterocycles. The van der Waals surface area contributed by atoms with Crippen LogP contribution in [0.15, 0.2) is 99.9 Å². The SMILES string of the molecule is CCOC(=O)C1=C(C)N=c2s/c(=C/c3c4ccccc4cc4ccccc34)c(=O)n2[C@H]1c1ccccc1OC. The molecule has 5 aromatic rings. The summed E-state index contributed by atoms with van der Waals surface area (Å²) in [5.74, 6) is 0.0811. The minimum atomic E-state index is -0.733. The zero-order valence-electron chi connectivity index (χ0n) is 21.8. The number of para-hydroxylation sites is 1. The third kappa shape index (κ3) is 4.15. The van der Waals surface area contributed by atoms with Gasteiger partial charge in [-0.15, -0.1) is 0 Å². The summed E-state index contributed by atoms with van der Waals surface area (Å²) in [6, 6.07) is 25.2. The number of methoxy groups -OCH3 is 1. The third-order valence-electron chi connectivity index (χ3n) is 7.04. The van der Waals surface area contributed by atoms with Crippen LogP contribution in [-0.4, -0.2) is 24.3 Å². The van der Waals surface area contributed by atoms with E-state index in [2.05, 4.69) is 30.3 Å². The van der Waals surface area contributed by atoms with Crippen molar-refractivity contribution in [3.63, 3.8) is 0 Å². The Morgan fingerprint density at radius 2 is 1.64 bits per heavy atom. The van der Waals surface area contributed by atoms with Crippen molar-refractivity contribution in [1.82, 2.24) is 4.57 Å². The Kier molecular flexibility index (Phi) is 6.37. The molecule has 1 aliphatic heterocycles. The van der Waals surface area contributed by atoms with Crippen molar-refractivity contribution in [2.75, 3.05) is 13.7 Å².